The first-order chi connectivity index (χ1) is 37.6. The highest BCUT2D eigenvalue weighted by atomic mass is 32.3. The molecule has 0 amide bonds. The Bertz CT molecular complexity index is 2410. The second-order valence-electron chi connectivity index (χ2n) is 26.4. The topological polar surface area (TPSA) is 396 Å². The van der Waals surface area contributed by atoms with Gasteiger partial charge in [-0.15, -0.1) is 0 Å². The number of aliphatic hydroxyl groups is 11. The van der Waals surface area contributed by atoms with Gasteiger partial charge in [0, 0.05) is 7.11 Å². The summed E-state index contributed by atoms with van der Waals surface area (Å²) in [5, 5.41) is 125. The van der Waals surface area contributed by atoms with Crippen molar-refractivity contribution < 1.29 is 125 Å². The van der Waals surface area contributed by atoms with E-state index in [4.69, 9.17) is 51.6 Å². The van der Waals surface area contributed by atoms with Crippen LogP contribution in [0.3, 0.4) is 0 Å². The second kappa shape index (κ2) is 22.5. The lowest BCUT2D eigenvalue weighted by Gasteiger charge is -2.64. The Labute approximate surface area is 471 Å². The number of carbonyl (C=O) groups is 1. The summed E-state index contributed by atoms with van der Waals surface area (Å²) in [4.78, 5) is 14.5. The van der Waals surface area contributed by atoms with Crippen molar-refractivity contribution in [3.63, 3.8) is 0 Å². The summed E-state index contributed by atoms with van der Waals surface area (Å²) in [5.74, 6) is -0.956. The Kier molecular flexibility index (Phi) is 17.7. The molecule has 5 aliphatic heterocycles. The van der Waals surface area contributed by atoms with E-state index in [1.54, 1.807) is 26.8 Å². The van der Waals surface area contributed by atoms with Crippen LogP contribution in [0.25, 0.3) is 0 Å². The van der Waals surface area contributed by atoms with Crippen LogP contribution in [0.15, 0.2) is 11.6 Å². The summed E-state index contributed by atoms with van der Waals surface area (Å²) in [5.41, 5.74) is -6.77. The molecule has 0 aromatic carbocycles. The maximum atomic E-state index is 14.5. The fourth-order valence-corrected chi connectivity index (χ4v) is 16.9. The molecule has 0 aromatic rings. The molecule has 9 aliphatic rings. The number of methoxy groups -OCH3 is 1. The average Bonchev–Trinajstić information content (AvgIpc) is 1.78. The normalized spacial score (nSPS) is 51.8. The Morgan fingerprint density at radius 1 is 0.716 bits per heavy atom. The van der Waals surface area contributed by atoms with Crippen LogP contribution in [0.1, 0.15) is 120 Å². The lowest BCUT2D eigenvalue weighted by atomic mass is 9.40. The molecule has 9 rings (SSSR count). The molecular formula is C54H88O26S. The zero-order chi connectivity index (χ0) is 59.7. The van der Waals surface area contributed by atoms with Gasteiger partial charge in [-0.25, -0.2) is 4.18 Å². The van der Waals surface area contributed by atoms with Crippen LogP contribution >= 0.6 is 0 Å². The first-order valence-corrected chi connectivity index (χ1v) is 29.8. The van der Waals surface area contributed by atoms with Crippen LogP contribution in [0, 0.1) is 33.5 Å². The minimum absolute atomic E-state index is 0.124. The Hall–Kier alpha value is -1.72. The molecule has 466 valence electrons. The number of hydrogen-bond donors (Lipinski definition) is 12. The number of hydrogen-bond acceptors (Lipinski definition) is 25. The smallest absolute Gasteiger partial charge is 0.397 e. The third-order valence-corrected chi connectivity index (χ3v) is 21.2. The quantitative estimate of drug-likeness (QED) is 0.0372. The van der Waals surface area contributed by atoms with Gasteiger partial charge in [-0.1, -0.05) is 39.3 Å². The largest absolute Gasteiger partial charge is 0.456 e. The summed E-state index contributed by atoms with van der Waals surface area (Å²) in [6, 6.07) is 0. The van der Waals surface area contributed by atoms with Crippen molar-refractivity contribution in [2.75, 3.05) is 20.3 Å². The van der Waals surface area contributed by atoms with Gasteiger partial charge in [0.25, 0.3) is 0 Å². The van der Waals surface area contributed by atoms with Crippen molar-refractivity contribution in [3.8, 4) is 0 Å². The molecule has 3 saturated carbocycles. The standard InChI is InChI=1S/C54H88O26S/c1-23-32(57)41(77-45-37(62)40(70-10)33(58)27(21-55)74-45)38(63)44(72-23)76-39-24(2)73-43(36(61)35(39)60)78-42-34(59)28(80-81(67,68)69)22-71-46(42)75-31-14-17-50(7)26-20-30(56)54-47(64)79-52(9,16-11-15-48(3,4)65)53(54,66)19-18-51(54,8)25(26)12-13-29(50)49(31,5)6/h20,23-25,27-46,55-63,65-66H,11-19,21-22H2,1-10H3,(H,67,68,69)/t23-,24-,25-,27-,28-,29+,30+,31?,32-,33-,34+,35-,36-,37-,38-,39-,40+,41+,42-,43+,44+,45+,46+,50-,51+,52+,53+,54-/m1/s1. The van der Waals surface area contributed by atoms with E-state index in [9.17, 15) is 73.9 Å². The van der Waals surface area contributed by atoms with Crippen LogP contribution < -0.4 is 0 Å². The van der Waals surface area contributed by atoms with Crippen molar-refractivity contribution in [1.82, 2.24) is 0 Å². The predicted octanol–water partition coefficient (Wildman–Crippen LogP) is -1.25. The molecule has 5 saturated heterocycles. The number of aliphatic hydroxyl groups excluding tert-OH is 9. The van der Waals surface area contributed by atoms with Gasteiger partial charge in [-0.3, -0.25) is 9.35 Å². The highest BCUT2D eigenvalue weighted by Gasteiger charge is 2.85. The Morgan fingerprint density at radius 2 is 1.33 bits per heavy atom. The Balaban J connectivity index is 0.906. The lowest BCUT2D eigenvalue weighted by molar-refractivity contribution is -0.387. The fraction of sp³-hybridized carbons (Fsp3) is 0.944. The van der Waals surface area contributed by atoms with Gasteiger partial charge >= 0.3 is 16.4 Å². The molecule has 1 spiro atoms. The third kappa shape index (κ3) is 10.5. The van der Waals surface area contributed by atoms with Crippen molar-refractivity contribution in [3.05, 3.63) is 11.6 Å². The second-order valence-corrected chi connectivity index (χ2v) is 27.4. The molecule has 0 bridgehead atoms. The Morgan fingerprint density at radius 3 is 1.98 bits per heavy atom. The molecule has 1 unspecified atom stereocenters. The molecule has 5 heterocycles. The lowest BCUT2D eigenvalue weighted by Crippen LogP contribution is -2.68. The van der Waals surface area contributed by atoms with Gasteiger partial charge in [0.05, 0.1) is 43.2 Å². The monoisotopic (exact) mass is 1180 g/mol. The summed E-state index contributed by atoms with van der Waals surface area (Å²) >= 11 is 0. The van der Waals surface area contributed by atoms with Crippen LogP contribution in [-0.2, 0) is 66.7 Å². The fourth-order valence-electron chi connectivity index (χ4n) is 16.4. The molecule has 4 aliphatic carbocycles. The maximum absolute atomic E-state index is 14.5. The first kappa shape index (κ1) is 63.8. The van der Waals surface area contributed by atoms with Crippen LogP contribution in [0.4, 0.5) is 0 Å². The SMILES string of the molecule is CO[C@@H]1[C@@H](O)[C@H](O[C@@H]2[C@@H](O)[C@H](O[C@H]3[C@H](O)[C@@H](O)[C@H](O[C@H]4[C@H](OC5CC[C@]6(C)C7=C[C@H](O)[C@]89C(=O)O[C@@](C)(CCCC(C)(C)O)[C@@]8(O)CC[C@@]9(C)[C@@H]7CC[C@H]6C5(C)C)OC[C@@H](OS(=O)(=O)O)[C@@H]4O)O[C@@H]3C)O[C@H](C)[C@H]2O)O[C@H](CO)[C@H]1O. The molecule has 28 atom stereocenters. The number of esters is 1. The van der Waals surface area contributed by atoms with Crippen molar-refractivity contribution in [2.24, 2.45) is 33.5 Å². The predicted molar refractivity (Wildman–Crippen MR) is 274 cm³/mol. The van der Waals surface area contributed by atoms with Crippen LogP contribution in [0.5, 0.6) is 0 Å². The zero-order valence-corrected chi connectivity index (χ0v) is 48.4. The minimum atomic E-state index is -5.18. The van der Waals surface area contributed by atoms with Crippen molar-refractivity contribution in [2.45, 2.75) is 266 Å². The van der Waals surface area contributed by atoms with E-state index in [-0.39, 0.29) is 18.3 Å². The summed E-state index contributed by atoms with van der Waals surface area (Å²) < 4.78 is 98.1. The summed E-state index contributed by atoms with van der Waals surface area (Å²) in [7, 11) is -3.98. The number of fused-ring (bicyclic) bond motifs is 4. The molecule has 26 nitrogen and oxygen atoms in total. The number of cyclic esters (lactones) is 1. The highest BCUT2D eigenvalue weighted by molar-refractivity contribution is 7.80. The molecule has 12 N–H and O–H groups in total. The van der Waals surface area contributed by atoms with Crippen LogP contribution in [0.2, 0.25) is 0 Å². The maximum Gasteiger partial charge on any atom is 0.397 e. The molecule has 0 aromatic heterocycles. The van der Waals surface area contributed by atoms with Crippen molar-refractivity contribution in [1.29, 1.82) is 0 Å². The van der Waals surface area contributed by atoms with E-state index in [0.29, 0.717) is 51.4 Å². The molecule has 0 radical (unpaired) electrons. The molecule has 8 fully saturated rings. The zero-order valence-electron chi connectivity index (χ0n) is 47.6. The van der Waals surface area contributed by atoms with Gasteiger partial charge < -0.3 is 104 Å². The van der Waals surface area contributed by atoms with E-state index in [1.165, 1.54) is 21.0 Å². The van der Waals surface area contributed by atoms with E-state index in [1.807, 2.05) is 20.8 Å². The first-order valence-electron chi connectivity index (χ1n) is 28.4. The van der Waals surface area contributed by atoms with Gasteiger partial charge in [-0.2, -0.15) is 8.42 Å². The van der Waals surface area contributed by atoms with E-state index in [2.05, 4.69) is 6.92 Å². The van der Waals surface area contributed by atoms with Gasteiger partial charge in [0.2, 0.25) is 0 Å². The van der Waals surface area contributed by atoms with Gasteiger partial charge in [-0.05, 0) is 120 Å². The van der Waals surface area contributed by atoms with E-state index in [0.717, 1.165) is 5.57 Å². The number of ether oxygens (including phenoxy) is 10. The third-order valence-electron chi connectivity index (χ3n) is 20.7. The summed E-state index contributed by atoms with van der Waals surface area (Å²) in [6.45, 7) is 14.9. The number of rotatable bonds is 16. The minimum Gasteiger partial charge on any atom is -0.456 e. The molecular weight excluding hydrogens is 1100 g/mol. The highest BCUT2D eigenvalue weighted by Crippen LogP contribution is 2.77. The number of carbonyl (C=O) groups excluding carboxylic acids is 1. The summed E-state index contributed by atoms with van der Waals surface area (Å²) in [6.07, 6.45) is -26.9. The van der Waals surface area contributed by atoms with E-state index < -0.39 is 197 Å². The molecule has 81 heavy (non-hydrogen) atoms. The van der Waals surface area contributed by atoms with Crippen LogP contribution in [-0.4, -0.2) is 241 Å². The van der Waals surface area contributed by atoms with Crippen molar-refractivity contribution >= 4 is 16.4 Å². The van der Waals surface area contributed by atoms with Gasteiger partial charge in [0.1, 0.15) is 96.0 Å². The van der Waals surface area contributed by atoms with Gasteiger partial charge in [0.15, 0.2) is 25.2 Å². The van der Waals surface area contributed by atoms with E-state index >= 15 is 0 Å². The average molecular weight is 1190 g/mol. The molecule has 27 heteroatoms. The number of allylic oxidation sites excluding steroid dienone is 1.